The molecule has 1 aliphatic heterocycles. The number of halogens is 1. The van der Waals surface area contributed by atoms with E-state index >= 15 is 0 Å². The van der Waals surface area contributed by atoms with E-state index in [1.54, 1.807) is 24.3 Å². The van der Waals surface area contributed by atoms with Crippen molar-refractivity contribution in [1.29, 1.82) is 0 Å². The molecule has 4 nitrogen and oxygen atoms in total. The van der Waals surface area contributed by atoms with E-state index in [0.29, 0.717) is 23.7 Å². The van der Waals surface area contributed by atoms with Gasteiger partial charge < -0.3 is 15.0 Å². The number of nitrogens with one attached hydrogen (secondary N) is 1. The van der Waals surface area contributed by atoms with Crippen LogP contribution in [0.3, 0.4) is 0 Å². The summed E-state index contributed by atoms with van der Waals surface area (Å²) in [5.41, 5.74) is 1.84. The van der Waals surface area contributed by atoms with Crippen molar-refractivity contribution in [2.75, 3.05) is 31.1 Å². The van der Waals surface area contributed by atoms with Gasteiger partial charge in [0.05, 0.1) is 12.7 Å². The zero-order valence-corrected chi connectivity index (χ0v) is 14.2. The van der Waals surface area contributed by atoms with Crippen LogP contribution in [0.1, 0.15) is 16.8 Å². The molecule has 0 spiro atoms. The number of carbonyl (C=O) groups is 1. The molecule has 1 N–H and O–H groups in total. The van der Waals surface area contributed by atoms with Crippen molar-refractivity contribution in [1.82, 2.24) is 5.32 Å². The van der Waals surface area contributed by atoms with Gasteiger partial charge in [0.2, 0.25) is 0 Å². The van der Waals surface area contributed by atoms with Crippen molar-refractivity contribution in [2.24, 2.45) is 0 Å². The molecule has 5 heteroatoms. The van der Waals surface area contributed by atoms with Crippen LogP contribution in [0.2, 0.25) is 5.02 Å². The highest BCUT2D eigenvalue weighted by Gasteiger charge is 2.20. The number of carbonyl (C=O) groups excluding carboxylic acids is 1. The van der Waals surface area contributed by atoms with Crippen LogP contribution in [-0.2, 0) is 4.74 Å². The van der Waals surface area contributed by atoms with E-state index in [4.69, 9.17) is 16.3 Å². The van der Waals surface area contributed by atoms with Gasteiger partial charge in [-0.15, -0.1) is 0 Å². The number of nitrogens with zero attached hydrogens (tertiary/aromatic N) is 1. The molecule has 0 aliphatic carbocycles. The fourth-order valence-corrected chi connectivity index (χ4v) is 2.94. The first-order valence-corrected chi connectivity index (χ1v) is 8.55. The van der Waals surface area contributed by atoms with Crippen molar-refractivity contribution in [3.63, 3.8) is 0 Å². The third-order valence-corrected chi connectivity index (χ3v) is 4.37. The van der Waals surface area contributed by atoms with Crippen LogP contribution in [0, 0.1) is 0 Å². The summed E-state index contributed by atoms with van der Waals surface area (Å²) >= 11 is 5.83. The molecule has 1 atom stereocenters. The first-order chi connectivity index (χ1) is 11.7. The lowest BCUT2D eigenvalue weighted by atomic mass is 10.1. The first kappa shape index (κ1) is 16.8. The van der Waals surface area contributed by atoms with E-state index in [0.717, 1.165) is 19.5 Å². The molecule has 2 aromatic rings. The van der Waals surface area contributed by atoms with Gasteiger partial charge in [0.1, 0.15) is 0 Å². The Labute approximate surface area is 147 Å². The van der Waals surface area contributed by atoms with Crippen LogP contribution in [0.25, 0.3) is 0 Å². The normalized spacial score (nSPS) is 17.5. The van der Waals surface area contributed by atoms with Crippen LogP contribution in [0.4, 0.5) is 5.69 Å². The highest BCUT2D eigenvalue weighted by molar-refractivity contribution is 6.30. The maximum Gasteiger partial charge on any atom is 0.251 e. The van der Waals surface area contributed by atoms with Gasteiger partial charge in [-0.2, -0.15) is 0 Å². The largest absolute Gasteiger partial charge is 0.374 e. The second-order valence-corrected chi connectivity index (χ2v) is 6.26. The molecule has 0 radical (unpaired) electrons. The Morgan fingerprint density at radius 3 is 2.67 bits per heavy atom. The van der Waals surface area contributed by atoms with Crippen LogP contribution in [-0.4, -0.2) is 38.3 Å². The highest BCUT2D eigenvalue weighted by atomic mass is 35.5. The van der Waals surface area contributed by atoms with Crippen LogP contribution >= 0.6 is 11.6 Å². The number of anilines is 1. The Kier molecular flexibility index (Phi) is 5.72. The number of hydrogen-bond acceptors (Lipinski definition) is 3. The summed E-state index contributed by atoms with van der Waals surface area (Å²) in [7, 11) is 0. The maximum absolute atomic E-state index is 12.1. The van der Waals surface area contributed by atoms with Gasteiger partial charge in [0.25, 0.3) is 5.91 Å². The third-order valence-electron chi connectivity index (χ3n) is 4.12. The molecule has 1 heterocycles. The monoisotopic (exact) mass is 344 g/mol. The zero-order chi connectivity index (χ0) is 16.8. The number of amides is 1. The Balaban J connectivity index is 1.46. The van der Waals surface area contributed by atoms with E-state index in [-0.39, 0.29) is 12.0 Å². The predicted molar refractivity (Wildman–Crippen MR) is 96.8 cm³/mol. The lowest BCUT2D eigenvalue weighted by Crippen LogP contribution is -2.43. The van der Waals surface area contributed by atoms with Crippen LogP contribution in [0.15, 0.2) is 54.6 Å². The Hall–Kier alpha value is -2.04. The molecule has 1 fully saturated rings. The van der Waals surface area contributed by atoms with Crippen molar-refractivity contribution in [2.45, 2.75) is 12.5 Å². The summed E-state index contributed by atoms with van der Waals surface area (Å²) < 4.78 is 5.82. The van der Waals surface area contributed by atoms with Crippen LogP contribution < -0.4 is 10.2 Å². The maximum atomic E-state index is 12.1. The van der Waals surface area contributed by atoms with E-state index in [1.807, 2.05) is 18.2 Å². The summed E-state index contributed by atoms with van der Waals surface area (Å²) in [6, 6.07) is 17.2. The molecule has 1 aliphatic rings. The van der Waals surface area contributed by atoms with Gasteiger partial charge >= 0.3 is 0 Å². The second kappa shape index (κ2) is 8.18. The Morgan fingerprint density at radius 2 is 1.92 bits per heavy atom. The fourth-order valence-electron chi connectivity index (χ4n) is 2.82. The summed E-state index contributed by atoms with van der Waals surface area (Å²) in [5.74, 6) is -0.0811. The SMILES string of the molecule is O=C(NCCC1CN(c2ccccc2)CCO1)c1ccc(Cl)cc1. The Morgan fingerprint density at radius 1 is 1.17 bits per heavy atom. The van der Waals surface area contributed by atoms with E-state index in [2.05, 4.69) is 22.3 Å². The van der Waals surface area contributed by atoms with Gasteiger partial charge in [-0.05, 0) is 42.8 Å². The number of benzene rings is 2. The number of morpholine rings is 1. The number of rotatable bonds is 5. The lowest BCUT2D eigenvalue weighted by molar-refractivity contribution is 0.0354. The molecule has 3 rings (SSSR count). The third kappa shape index (κ3) is 4.49. The lowest BCUT2D eigenvalue weighted by Gasteiger charge is -2.34. The van der Waals surface area contributed by atoms with Gasteiger partial charge in [0, 0.05) is 35.9 Å². The topological polar surface area (TPSA) is 41.6 Å². The molecule has 2 aromatic carbocycles. The molecule has 24 heavy (non-hydrogen) atoms. The smallest absolute Gasteiger partial charge is 0.251 e. The van der Waals surface area contributed by atoms with Crippen molar-refractivity contribution >= 4 is 23.2 Å². The quantitative estimate of drug-likeness (QED) is 0.904. The van der Waals surface area contributed by atoms with E-state index in [9.17, 15) is 4.79 Å². The molecule has 126 valence electrons. The molecule has 0 saturated carbocycles. The minimum atomic E-state index is -0.0811. The molecule has 0 bridgehead atoms. The van der Waals surface area contributed by atoms with E-state index in [1.165, 1.54) is 5.69 Å². The van der Waals surface area contributed by atoms with Gasteiger partial charge in [-0.1, -0.05) is 29.8 Å². The summed E-state index contributed by atoms with van der Waals surface area (Å²) in [6.45, 7) is 3.05. The number of para-hydroxylation sites is 1. The van der Waals surface area contributed by atoms with Crippen LogP contribution in [0.5, 0.6) is 0 Å². The molecule has 0 aromatic heterocycles. The molecule has 1 amide bonds. The molecular formula is C19H21ClN2O2. The number of hydrogen-bond donors (Lipinski definition) is 1. The second-order valence-electron chi connectivity index (χ2n) is 5.83. The highest BCUT2D eigenvalue weighted by Crippen LogP contribution is 2.18. The minimum Gasteiger partial charge on any atom is -0.374 e. The van der Waals surface area contributed by atoms with Crippen molar-refractivity contribution in [3.05, 3.63) is 65.2 Å². The van der Waals surface area contributed by atoms with Gasteiger partial charge in [0.15, 0.2) is 0 Å². The minimum absolute atomic E-state index is 0.0811. The first-order valence-electron chi connectivity index (χ1n) is 8.18. The van der Waals surface area contributed by atoms with E-state index < -0.39 is 0 Å². The van der Waals surface area contributed by atoms with Crippen molar-refractivity contribution < 1.29 is 9.53 Å². The fraction of sp³-hybridized carbons (Fsp3) is 0.316. The number of ether oxygens (including phenoxy) is 1. The average Bonchev–Trinajstić information content (AvgIpc) is 2.63. The van der Waals surface area contributed by atoms with Gasteiger partial charge in [-0.3, -0.25) is 4.79 Å². The molecule has 1 unspecified atom stereocenters. The standard InChI is InChI=1S/C19H21ClN2O2/c20-16-8-6-15(7-9-16)19(23)21-11-10-18-14-22(12-13-24-18)17-4-2-1-3-5-17/h1-9,18H,10-14H2,(H,21,23). The van der Waals surface area contributed by atoms with Crippen molar-refractivity contribution in [3.8, 4) is 0 Å². The average molecular weight is 345 g/mol. The van der Waals surface area contributed by atoms with Gasteiger partial charge in [-0.25, -0.2) is 0 Å². The Bertz CT molecular complexity index is 661. The predicted octanol–water partition coefficient (Wildman–Crippen LogP) is 3.37. The summed E-state index contributed by atoms with van der Waals surface area (Å²) in [4.78, 5) is 14.4. The molecule has 1 saturated heterocycles. The summed E-state index contributed by atoms with van der Waals surface area (Å²) in [6.07, 6.45) is 0.923. The molecular weight excluding hydrogens is 324 g/mol. The summed E-state index contributed by atoms with van der Waals surface area (Å²) in [5, 5.41) is 3.57. The zero-order valence-electron chi connectivity index (χ0n) is 13.5.